The monoisotopic (exact) mass is 238 g/mol. The summed E-state index contributed by atoms with van der Waals surface area (Å²) in [6, 6.07) is -0.238. The van der Waals surface area contributed by atoms with Gasteiger partial charge in [-0.25, -0.2) is 0 Å². The van der Waals surface area contributed by atoms with E-state index in [0.29, 0.717) is 31.8 Å². The molecule has 1 N–H and O–H groups in total. The first-order valence-corrected chi connectivity index (χ1v) is 6.79. The fraction of sp³-hybridized carbons (Fsp3) is 0.846. The third-order valence-corrected chi connectivity index (χ3v) is 3.98. The Morgan fingerprint density at radius 2 is 2.12 bits per heavy atom. The zero-order chi connectivity index (χ0) is 12.3. The number of nitrogens with zero attached hydrogens (tertiary/aromatic N) is 1. The Labute approximate surface area is 103 Å². The second-order valence-electron chi connectivity index (χ2n) is 5.16. The Hall–Kier alpha value is -1.06. The van der Waals surface area contributed by atoms with Gasteiger partial charge < -0.3 is 10.2 Å². The number of carbonyl (C=O) groups excluding carboxylic acids is 2. The zero-order valence-electron chi connectivity index (χ0n) is 10.6. The summed E-state index contributed by atoms with van der Waals surface area (Å²) in [7, 11) is 0. The fourth-order valence-electron chi connectivity index (χ4n) is 3.00. The van der Waals surface area contributed by atoms with Gasteiger partial charge in [0.05, 0.1) is 0 Å². The molecule has 0 radical (unpaired) electrons. The van der Waals surface area contributed by atoms with Crippen molar-refractivity contribution in [3.63, 3.8) is 0 Å². The lowest BCUT2D eigenvalue weighted by molar-refractivity contribution is -0.144. The van der Waals surface area contributed by atoms with Crippen LogP contribution in [0.3, 0.4) is 0 Å². The molecule has 1 aliphatic heterocycles. The molecule has 4 nitrogen and oxygen atoms in total. The lowest BCUT2D eigenvalue weighted by Gasteiger charge is -2.35. The van der Waals surface area contributed by atoms with Gasteiger partial charge >= 0.3 is 0 Å². The third-order valence-electron chi connectivity index (χ3n) is 3.98. The Bertz CT molecular complexity index is 298. The number of piperazine rings is 1. The van der Waals surface area contributed by atoms with E-state index >= 15 is 0 Å². The molecule has 2 amide bonds. The van der Waals surface area contributed by atoms with Gasteiger partial charge in [-0.2, -0.15) is 0 Å². The van der Waals surface area contributed by atoms with E-state index in [0.717, 1.165) is 0 Å². The Balaban J connectivity index is 1.94. The van der Waals surface area contributed by atoms with Crippen LogP contribution in [0.4, 0.5) is 0 Å². The van der Waals surface area contributed by atoms with E-state index < -0.39 is 0 Å². The molecule has 0 bridgehead atoms. The standard InChI is InChI=1S/C13H22N2O2/c1-2-11-13(17)14-7-8-15(11)12(16)9-10-5-3-4-6-10/h10-11H,2-9H2,1H3,(H,14,17). The first kappa shape index (κ1) is 12.4. The van der Waals surface area contributed by atoms with Crippen LogP contribution >= 0.6 is 0 Å². The molecule has 1 saturated carbocycles. The SMILES string of the molecule is CCC1C(=O)NCCN1C(=O)CC1CCCC1. The molecule has 2 rings (SSSR count). The molecule has 1 saturated heterocycles. The highest BCUT2D eigenvalue weighted by molar-refractivity contribution is 5.88. The number of rotatable bonds is 3. The van der Waals surface area contributed by atoms with Crippen LogP contribution in [0, 0.1) is 5.92 Å². The molecule has 1 atom stereocenters. The largest absolute Gasteiger partial charge is 0.353 e. The second kappa shape index (κ2) is 5.52. The molecule has 17 heavy (non-hydrogen) atoms. The van der Waals surface area contributed by atoms with Crippen molar-refractivity contribution in [2.24, 2.45) is 5.92 Å². The van der Waals surface area contributed by atoms with Crippen LogP contribution in [0.25, 0.3) is 0 Å². The van der Waals surface area contributed by atoms with Gasteiger partial charge in [0.25, 0.3) is 0 Å². The Morgan fingerprint density at radius 1 is 1.41 bits per heavy atom. The van der Waals surface area contributed by atoms with E-state index in [1.54, 1.807) is 4.90 Å². The van der Waals surface area contributed by atoms with Crippen molar-refractivity contribution in [3.05, 3.63) is 0 Å². The smallest absolute Gasteiger partial charge is 0.242 e. The Morgan fingerprint density at radius 3 is 2.76 bits per heavy atom. The van der Waals surface area contributed by atoms with Crippen molar-refractivity contribution >= 4 is 11.8 Å². The van der Waals surface area contributed by atoms with Crippen LogP contribution in [0.2, 0.25) is 0 Å². The molecule has 1 aliphatic carbocycles. The van der Waals surface area contributed by atoms with Crippen LogP contribution in [0.1, 0.15) is 45.4 Å². The number of amides is 2. The van der Waals surface area contributed by atoms with Crippen molar-refractivity contribution in [2.75, 3.05) is 13.1 Å². The highest BCUT2D eigenvalue weighted by Crippen LogP contribution is 2.28. The highest BCUT2D eigenvalue weighted by atomic mass is 16.2. The lowest BCUT2D eigenvalue weighted by Crippen LogP contribution is -2.57. The maximum Gasteiger partial charge on any atom is 0.242 e. The van der Waals surface area contributed by atoms with Crippen LogP contribution in [-0.4, -0.2) is 35.8 Å². The summed E-state index contributed by atoms with van der Waals surface area (Å²) in [6.45, 7) is 3.24. The van der Waals surface area contributed by atoms with Crippen molar-refractivity contribution < 1.29 is 9.59 Å². The molecule has 1 unspecified atom stereocenters. The summed E-state index contributed by atoms with van der Waals surface area (Å²) in [4.78, 5) is 25.7. The minimum Gasteiger partial charge on any atom is -0.353 e. The molecule has 2 aliphatic rings. The molecule has 96 valence electrons. The predicted molar refractivity (Wildman–Crippen MR) is 65.4 cm³/mol. The average molecular weight is 238 g/mol. The second-order valence-corrected chi connectivity index (χ2v) is 5.16. The van der Waals surface area contributed by atoms with Gasteiger partial charge in [-0.1, -0.05) is 19.8 Å². The van der Waals surface area contributed by atoms with Crippen LogP contribution in [0.5, 0.6) is 0 Å². The van der Waals surface area contributed by atoms with E-state index in [1.165, 1.54) is 25.7 Å². The molecule has 0 aromatic carbocycles. The number of hydrogen-bond donors (Lipinski definition) is 1. The van der Waals surface area contributed by atoms with Crippen LogP contribution in [-0.2, 0) is 9.59 Å². The van der Waals surface area contributed by atoms with E-state index in [-0.39, 0.29) is 17.9 Å². The molecule has 2 fully saturated rings. The maximum absolute atomic E-state index is 12.2. The van der Waals surface area contributed by atoms with Crippen LogP contribution < -0.4 is 5.32 Å². The number of nitrogens with one attached hydrogen (secondary N) is 1. The third kappa shape index (κ3) is 2.79. The summed E-state index contributed by atoms with van der Waals surface area (Å²) >= 11 is 0. The van der Waals surface area contributed by atoms with Gasteiger partial charge in [-0.05, 0) is 25.2 Å². The molecule has 1 heterocycles. The normalized spacial score (nSPS) is 26.1. The first-order valence-electron chi connectivity index (χ1n) is 6.79. The van der Waals surface area contributed by atoms with Crippen molar-refractivity contribution in [1.82, 2.24) is 10.2 Å². The van der Waals surface area contributed by atoms with Crippen molar-refractivity contribution in [3.8, 4) is 0 Å². The summed E-state index contributed by atoms with van der Waals surface area (Å²) in [5.41, 5.74) is 0. The highest BCUT2D eigenvalue weighted by Gasteiger charge is 2.32. The van der Waals surface area contributed by atoms with Crippen molar-refractivity contribution in [2.45, 2.75) is 51.5 Å². The van der Waals surface area contributed by atoms with Gasteiger partial charge in [0.1, 0.15) is 6.04 Å². The number of hydrogen-bond acceptors (Lipinski definition) is 2. The molecule has 4 heteroatoms. The van der Waals surface area contributed by atoms with E-state index in [4.69, 9.17) is 0 Å². The minimum absolute atomic E-state index is 0.0125. The molecule has 0 aromatic rings. The predicted octanol–water partition coefficient (Wildman–Crippen LogP) is 1.30. The molecule has 0 aromatic heterocycles. The van der Waals surface area contributed by atoms with Gasteiger partial charge in [0, 0.05) is 19.5 Å². The lowest BCUT2D eigenvalue weighted by atomic mass is 10.0. The van der Waals surface area contributed by atoms with Crippen molar-refractivity contribution in [1.29, 1.82) is 0 Å². The van der Waals surface area contributed by atoms with Gasteiger partial charge in [-0.15, -0.1) is 0 Å². The topological polar surface area (TPSA) is 49.4 Å². The first-order chi connectivity index (χ1) is 8.22. The van der Waals surface area contributed by atoms with Gasteiger partial charge in [0.15, 0.2) is 0 Å². The van der Waals surface area contributed by atoms with E-state index in [1.807, 2.05) is 6.92 Å². The zero-order valence-corrected chi connectivity index (χ0v) is 10.6. The maximum atomic E-state index is 12.2. The average Bonchev–Trinajstić information content (AvgIpc) is 2.81. The van der Waals surface area contributed by atoms with Gasteiger partial charge in [0.2, 0.25) is 11.8 Å². The van der Waals surface area contributed by atoms with E-state index in [2.05, 4.69) is 5.32 Å². The molecule has 0 spiro atoms. The Kier molecular flexibility index (Phi) is 4.02. The summed E-state index contributed by atoms with van der Waals surface area (Å²) in [5.74, 6) is 0.752. The quantitative estimate of drug-likeness (QED) is 0.805. The van der Waals surface area contributed by atoms with Gasteiger partial charge in [-0.3, -0.25) is 9.59 Å². The fourth-order valence-corrected chi connectivity index (χ4v) is 3.00. The number of carbonyl (C=O) groups is 2. The summed E-state index contributed by atoms with van der Waals surface area (Å²) < 4.78 is 0. The van der Waals surface area contributed by atoms with E-state index in [9.17, 15) is 9.59 Å². The summed E-state index contributed by atoms with van der Waals surface area (Å²) in [6.07, 6.45) is 6.24. The minimum atomic E-state index is -0.238. The molecular formula is C13H22N2O2. The van der Waals surface area contributed by atoms with Crippen LogP contribution in [0.15, 0.2) is 0 Å². The summed E-state index contributed by atoms with van der Waals surface area (Å²) in [5, 5.41) is 2.83. The molecular weight excluding hydrogens is 216 g/mol.